The number of nitrogens with zero attached hydrogens (tertiary/aromatic N) is 5. The summed E-state index contributed by atoms with van der Waals surface area (Å²) in [5.41, 5.74) is 15.6. The van der Waals surface area contributed by atoms with Crippen molar-refractivity contribution in [3.63, 3.8) is 0 Å². The van der Waals surface area contributed by atoms with E-state index in [0.717, 1.165) is 150 Å². The van der Waals surface area contributed by atoms with E-state index in [9.17, 15) is 14.4 Å². The summed E-state index contributed by atoms with van der Waals surface area (Å²) in [6.07, 6.45) is 16.7. The Morgan fingerprint density at radius 3 is 1.36 bits per heavy atom. The van der Waals surface area contributed by atoms with Crippen LogP contribution < -0.4 is 11.1 Å². The number of amides is 4. The number of carbonyl (C=O) groups is 3. The molecular weight excluding hydrogens is 1170 g/mol. The van der Waals surface area contributed by atoms with Gasteiger partial charge in [0.15, 0.2) is 0 Å². The van der Waals surface area contributed by atoms with Crippen LogP contribution >= 0.6 is 86.9 Å². The van der Waals surface area contributed by atoms with Gasteiger partial charge in [0, 0.05) is 104 Å². The van der Waals surface area contributed by atoms with Crippen LogP contribution in [0.1, 0.15) is 121 Å². The van der Waals surface area contributed by atoms with Gasteiger partial charge < -0.3 is 25.8 Å². The number of aromatic nitrogens is 2. The summed E-state index contributed by atoms with van der Waals surface area (Å²) in [6, 6.07) is 12.3. The van der Waals surface area contributed by atoms with E-state index in [4.69, 9.17) is 38.9 Å². The predicted molar refractivity (Wildman–Crippen MR) is 288 cm³/mol. The van der Waals surface area contributed by atoms with Gasteiger partial charge in [0.1, 0.15) is 0 Å². The second-order valence-corrected chi connectivity index (χ2v) is 24.5. The predicted octanol–water partition coefficient (Wildman–Crippen LogP) is 12.0. The van der Waals surface area contributed by atoms with Gasteiger partial charge in [-0.2, -0.15) is 0 Å². The lowest BCUT2D eigenvalue weighted by Gasteiger charge is -2.38. The van der Waals surface area contributed by atoms with E-state index < -0.39 is 0 Å². The lowest BCUT2D eigenvalue weighted by molar-refractivity contribution is -0.134. The fourth-order valence-electron chi connectivity index (χ4n) is 12.2. The van der Waals surface area contributed by atoms with E-state index >= 15 is 0 Å². The third kappa shape index (κ3) is 12.1. The van der Waals surface area contributed by atoms with Crippen molar-refractivity contribution in [3.8, 4) is 0 Å². The molecule has 2 aliphatic carbocycles. The molecule has 0 spiro atoms. The van der Waals surface area contributed by atoms with Gasteiger partial charge in [0.2, 0.25) is 11.8 Å². The number of piperidine rings is 4. The molecule has 0 radical (unpaired) electrons. The zero-order chi connectivity index (χ0) is 48.3. The number of nitrogens with two attached hydrogens (primary N) is 1. The number of pyridine rings is 2. The molecule has 10 rings (SSSR count). The van der Waals surface area contributed by atoms with Crippen molar-refractivity contribution >= 4 is 105 Å². The van der Waals surface area contributed by atoms with Crippen LogP contribution in [0.3, 0.4) is 0 Å². The van der Waals surface area contributed by atoms with Gasteiger partial charge >= 0.3 is 6.03 Å². The normalized spacial score (nSPS) is 21.4. The number of halogens is 6. The number of primary amides is 1. The van der Waals surface area contributed by atoms with Crippen LogP contribution in [0.25, 0.3) is 0 Å². The highest BCUT2D eigenvalue weighted by Crippen LogP contribution is 2.48. The second-order valence-electron chi connectivity index (χ2n) is 20.1. The van der Waals surface area contributed by atoms with E-state index in [2.05, 4.69) is 98.2 Å². The topological polar surface area (TPSA) is 125 Å². The molecular formula is C53H61Br4Cl2N7O3. The number of aryl methyl sites for hydroxylation is 4. The summed E-state index contributed by atoms with van der Waals surface area (Å²) < 4.78 is 4.16. The first-order valence-corrected chi connectivity index (χ1v) is 28.8. The van der Waals surface area contributed by atoms with Gasteiger partial charge in [-0.15, -0.1) is 0 Å². The van der Waals surface area contributed by atoms with Crippen molar-refractivity contribution in [2.24, 2.45) is 29.4 Å². The van der Waals surface area contributed by atoms with Crippen molar-refractivity contribution in [1.82, 2.24) is 30.0 Å². The highest BCUT2D eigenvalue weighted by molar-refractivity contribution is 9.11. The number of benzene rings is 2. The first-order chi connectivity index (χ1) is 33.3. The zero-order valence-electron chi connectivity index (χ0n) is 38.9. The molecule has 16 heteroatoms. The molecule has 4 amide bonds. The summed E-state index contributed by atoms with van der Waals surface area (Å²) >= 11 is 27.8. The molecule has 368 valence electrons. The van der Waals surface area contributed by atoms with E-state index in [1.54, 1.807) is 4.90 Å². The minimum absolute atomic E-state index is 0.174. The quantitative estimate of drug-likeness (QED) is 0.198. The van der Waals surface area contributed by atoms with E-state index in [1.807, 2.05) is 29.4 Å². The van der Waals surface area contributed by atoms with Gasteiger partial charge in [-0.25, -0.2) is 4.79 Å². The van der Waals surface area contributed by atoms with Crippen molar-refractivity contribution in [2.45, 2.75) is 102 Å². The van der Waals surface area contributed by atoms with Crippen LogP contribution in [-0.4, -0.2) is 94.9 Å². The molecule has 2 atom stereocenters. The van der Waals surface area contributed by atoms with Crippen molar-refractivity contribution in [3.05, 3.63) is 121 Å². The number of likely N-dealkylation sites (tertiary alicyclic amines) is 3. The molecule has 6 aliphatic rings. The maximum Gasteiger partial charge on any atom is 0.314 e. The molecule has 69 heavy (non-hydrogen) atoms. The van der Waals surface area contributed by atoms with Crippen LogP contribution in [0.5, 0.6) is 0 Å². The van der Waals surface area contributed by atoms with E-state index in [-0.39, 0.29) is 23.8 Å². The van der Waals surface area contributed by atoms with Crippen molar-refractivity contribution in [1.29, 1.82) is 0 Å². The molecule has 2 unspecified atom stereocenters. The van der Waals surface area contributed by atoms with E-state index in [0.29, 0.717) is 55.5 Å². The van der Waals surface area contributed by atoms with Crippen LogP contribution in [-0.2, 0) is 35.3 Å². The summed E-state index contributed by atoms with van der Waals surface area (Å²) in [5.74, 6) is 2.70. The Labute approximate surface area is 450 Å². The molecule has 4 aromatic rings. The SMILES string of the molecule is NC(=O)N1CCC(CC(=O)N2CCC(C3c4ncc(Br)cc4CCc4cc(Cl)cc(Br)c43)CC2)CC1.O=C(CC1CCNCC1)N1CCC(C2c3ncc(Br)cc3CCc3cc(Cl)cc(Br)c32)CC1. The highest BCUT2D eigenvalue weighted by atomic mass is 79.9. The van der Waals surface area contributed by atoms with Crippen LogP contribution in [0, 0.1) is 23.7 Å². The first-order valence-electron chi connectivity index (χ1n) is 24.8. The summed E-state index contributed by atoms with van der Waals surface area (Å²) in [7, 11) is 0. The molecule has 3 N–H and O–H groups in total. The Bertz CT molecular complexity index is 2540. The van der Waals surface area contributed by atoms with Gasteiger partial charge in [-0.05, 0) is 215 Å². The molecule has 4 saturated heterocycles. The largest absolute Gasteiger partial charge is 0.351 e. The van der Waals surface area contributed by atoms with Gasteiger partial charge in [-0.3, -0.25) is 19.6 Å². The highest BCUT2D eigenvalue weighted by Gasteiger charge is 2.39. The maximum absolute atomic E-state index is 13.1. The Hall–Kier alpha value is -2.59. The number of hydrogen-bond acceptors (Lipinski definition) is 6. The zero-order valence-corrected chi connectivity index (χ0v) is 46.8. The number of nitrogens with one attached hydrogen (secondary N) is 1. The summed E-state index contributed by atoms with van der Waals surface area (Å²) in [5, 5.41) is 4.92. The minimum Gasteiger partial charge on any atom is -0.351 e. The molecule has 0 bridgehead atoms. The fraction of sp³-hybridized carbons (Fsp3) is 0.528. The van der Waals surface area contributed by atoms with Crippen molar-refractivity contribution in [2.75, 3.05) is 52.4 Å². The Balaban J connectivity index is 0.000000172. The third-order valence-electron chi connectivity index (χ3n) is 15.9. The van der Waals surface area contributed by atoms with Crippen molar-refractivity contribution < 1.29 is 14.4 Å². The number of hydrogen-bond donors (Lipinski definition) is 2. The minimum atomic E-state index is -0.362. The molecule has 6 heterocycles. The average molecular weight is 1230 g/mol. The Morgan fingerprint density at radius 1 is 0.551 bits per heavy atom. The van der Waals surface area contributed by atoms with Gasteiger partial charge in [0.25, 0.3) is 0 Å². The molecule has 2 aromatic heterocycles. The number of fused-ring (bicyclic) bond motifs is 4. The smallest absolute Gasteiger partial charge is 0.314 e. The van der Waals surface area contributed by atoms with E-state index in [1.165, 1.54) is 39.1 Å². The molecule has 2 aromatic carbocycles. The monoisotopic (exact) mass is 1230 g/mol. The number of rotatable bonds is 6. The number of urea groups is 1. The Kier molecular flexibility index (Phi) is 17.2. The number of carbonyl (C=O) groups excluding carboxylic acids is 3. The fourth-order valence-corrected chi connectivity index (χ4v) is 15.2. The summed E-state index contributed by atoms with van der Waals surface area (Å²) in [6.45, 7) is 6.62. The Morgan fingerprint density at radius 2 is 0.942 bits per heavy atom. The molecule has 0 saturated carbocycles. The lowest BCUT2D eigenvalue weighted by atomic mass is 9.76. The summed E-state index contributed by atoms with van der Waals surface area (Å²) in [4.78, 5) is 53.2. The molecule has 4 fully saturated rings. The average Bonchev–Trinajstić information content (AvgIpc) is 3.60. The van der Waals surface area contributed by atoms with Crippen LogP contribution in [0.4, 0.5) is 4.79 Å². The van der Waals surface area contributed by atoms with Crippen LogP contribution in [0.2, 0.25) is 10.0 Å². The third-order valence-corrected chi connectivity index (χ3v) is 18.5. The molecule has 10 nitrogen and oxygen atoms in total. The maximum atomic E-state index is 13.1. The second kappa shape index (κ2) is 23.1. The first kappa shape index (κ1) is 51.3. The molecule has 4 aliphatic heterocycles. The van der Waals surface area contributed by atoms with Crippen LogP contribution in [0.15, 0.2) is 66.7 Å². The van der Waals surface area contributed by atoms with Gasteiger partial charge in [0.05, 0.1) is 11.4 Å². The van der Waals surface area contributed by atoms with Gasteiger partial charge in [-0.1, -0.05) is 55.1 Å². The standard InChI is InChI=1S/C27H31Br2ClN4O2.C26H30Br2ClN3O/c28-20-12-19-2-1-18-13-21(30)14-22(29)24(18)25(26(19)32-15-20)17-5-9-33(10-6-17)23(35)11-16-3-7-34(8-4-16)27(31)36;27-20-12-19-2-1-18-13-21(29)14-22(28)24(18)25(26(19)31-15-20)17-5-9-32(10-6-17)23(33)11-16-3-7-30-8-4-16/h12-17,25H,1-11H2,(H2,31,36);12-17,25,30H,1-11H2. The lowest BCUT2D eigenvalue weighted by Crippen LogP contribution is -2.44.